The molecule has 318 valence electrons. The molecule has 2 atom stereocenters. The molecule has 0 radical (unpaired) electrons. The third kappa shape index (κ3) is 37.1. The zero-order valence-corrected chi connectivity index (χ0v) is 36.0. The minimum absolute atomic E-state index is 0.00600. The molecule has 0 fully saturated rings. The van der Waals surface area contributed by atoms with Crippen molar-refractivity contribution in [1.29, 1.82) is 0 Å². The molecule has 8 nitrogen and oxygen atoms in total. The molecule has 0 aromatic heterocycles. The SMILES string of the molecule is CC/C=C/C/C=C/C/C=C/C/C=C/C/C=C/CCCC(=O)OC(COCCC(C(=O)O)[N+](C)(C)C)COC(=O)CC/C=C/C/C=C/C/C=C/C/C=C/C/C=C/CC. The van der Waals surface area contributed by atoms with Gasteiger partial charge in [0.25, 0.3) is 0 Å². The van der Waals surface area contributed by atoms with E-state index in [0.717, 1.165) is 70.6 Å². The van der Waals surface area contributed by atoms with Crippen LogP contribution in [0.25, 0.3) is 0 Å². The quantitative estimate of drug-likeness (QED) is 0.0295. The van der Waals surface area contributed by atoms with Gasteiger partial charge in [-0.3, -0.25) is 9.59 Å². The number of hydrogen-bond acceptors (Lipinski definition) is 6. The summed E-state index contributed by atoms with van der Waals surface area (Å²) in [6.45, 7) is 4.33. The first-order chi connectivity index (χ1) is 27.6. The molecule has 1 N–H and O–H groups in total. The molecule has 0 aliphatic heterocycles. The highest BCUT2D eigenvalue weighted by atomic mass is 16.6. The van der Waals surface area contributed by atoms with Crippen molar-refractivity contribution in [2.24, 2.45) is 0 Å². The molecule has 0 heterocycles. The van der Waals surface area contributed by atoms with Crippen molar-refractivity contribution in [2.45, 2.75) is 129 Å². The number of unbranched alkanes of at least 4 members (excludes halogenated alkanes) is 1. The van der Waals surface area contributed by atoms with Crippen LogP contribution in [-0.2, 0) is 28.6 Å². The first-order valence-electron chi connectivity index (χ1n) is 21.1. The number of carbonyl (C=O) groups excluding carboxylic acids is 2. The smallest absolute Gasteiger partial charge is 0.362 e. The summed E-state index contributed by atoms with van der Waals surface area (Å²) in [5.41, 5.74) is 0. The molecular weight excluding hydrogens is 715 g/mol. The Morgan fingerprint density at radius 3 is 1.33 bits per heavy atom. The lowest BCUT2D eigenvalue weighted by Gasteiger charge is -2.31. The molecular formula is C49H76NO7+. The van der Waals surface area contributed by atoms with E-state index < -0.39 is 18.1 Å². The maximum atomic E-state index is 12.7. The highest BCUT2D eigenvalue weighted by molar-refractivity contribution is 5.72. The van der Waals surface area contributed by atoms with Crippen LogP contribution in [0.4, 0.5) is 0 Å². The van der Waals surface area contributed by atoms with Gasteiger partial charge in [0.15, 0.2) is 12.1 Å². The van der Waals surface area contributed by atoms with Crippen LogP contribution in [0.3, 0.4) is 0 Å². The summed E-state index contributed by atoms with van der Waals surface area (Å²) in [5, 5.41) is 9.61. The van der Waals surface area contributed by atoms with Gasteiger partial charge in [0.05, 0.1) is 34.4 Å². The Bertz CT molecular complexity index is 1340. The highest BCUT2D eigenvalue weighted by Gasteiger charge is 2.31. The molecule has 0 aromatic rings. The predicted octanol–water partition coefficient (Wildman–Crippen LogP) is 11.5. The lowest BCUT2D eigenvalue weighted by Crippen LogP contribution is -2.50. The molecule has 0 aliphatic rings. The monoisotopic (exact) mass is 791 g/mol. The van der Waals surface area contributed by atoms with E-state index in [9.17, 15) is 19.5 Å². The third-order valence-electron chi connectivity index (χ3n) is 8.37. The number of nitrogens with zero attached hydrogens (tertiary/aromatic N) is 1. The van der Waals surface area contributed by atoms with Crippen molar-refractivity contribution in [3.05, 3.63) is 122 Å². The lowest BCUT2D eigenvalue weighted by atomic mass is 10.1. The Kier molecular flexibility index (Phi) is 35.7. The van der Waals surface area contributed by atoms with Gasteiger partial charge < -0.3 is 23.8 Å². The summed E-state index contributed by atoms with van der Waals surface area (Å²) in [4.78, 5) is 36.9. The first kappa shape index (κ1) is 52.7. The molecule has 0 amide bonds. The Balaban J connectivity index is 4.62. The van der Waals surface area contributed by atoms with Crippen molar-refractivity contribution in [3.8, 4) is 0 Å². The van der Waals surface area contributed by atoms with Crippen molar-refractivity contribution in [1.82, 2.24) is 0 Å². The van der Waals surface area contributed by atoms with Gasteiger partial charge in [-0.25, -0.2) is 4.79 Å². The van der Waals surface area contributed by atoms with Crippen LogP contribution < -0.4 is 0 Å². The third-order valence-corrected chi connectivity index (χ3v) is 8.37. The lowest BCUT2D eigenvalue weighted by molar-refractivity contribution is -0.887. The molecule has 0 spiro atoms. The minimum Gasteiger partial charge on any atom is -0.477 e. The maximum absolute atomic E-state index is 12.7. The molecule has 0 aromatic carbocycles. The van der Waals surface area contributed by atoms with Crippen LogP contribution in [0.5, 0.6) is 0 Å². The van der Waals surface area contributed by atoms with Crippen LogP contribution in [0.15, 0.2) is 122 Å². The number of carboxylic acids is 1. The van der Waals surface area contributed by atoms with Gasteiger partial charge in [-0.2, -0.15) is 0 Å². The fraction of sp³-hybridized carbons (Fsp3) is 0.531. The Labute approximate surface area is 346 Å². The van der Waals surface area contributed by atoms with E-state index in [1.54, 1.807) is 0 Å². The second-order valence-electron chi connectivity index (χ2n) is 14.5. The van der Waals surface area contributed by atoms with Crippen molar-refractivity contribution >= 4 is 17.9 Å². The number of esters is 2. The maximum Gasteiger partial charge on any atom is 0.362 e. The van der Waals surface area contributed by atoms with Crippen molar-refractivity contribution in [3.63, 3.8) is 0 Å². The van der Waals surface area contributed by atoms with Gasteiger partial charge in [0, 0.05) is 19.3 Å². The van der Waals surface area contributed by atoms with Crippen molar-refractivity contribution < 1.29 is 38.2 Å². The summed E-state index contributed by atoms with van der Waals surface area (Å²) >= 11 is 0. The fourth-order valence-corrected chi connectivity index (χ4v) is 5.17. The molecule has 8 heteroatoms. The minimum atomic E-state index is -0.900. The van der Waals surface area contributed by atoms with Gasteiger partial charge in [-0.1, -0.05) is 135 Å². The number of quaternary nitrogens is 1. The molecule has 0 bridgehead atoms. The van der Waals surface area contributed by atoms with Gasteiger partial charge in [0.1, 0.15) is 6.61 Å². The van der Waals surface area contributed by atoms with E-state index in [0.29, 0.717) is 19.3 Å². The molecule has 0 rings (SSSR count). The zero-order chi connectivity index (χ0) is 42.1. The number of likely N-dealkylation sites (N-methyl/N-ethyl adjacent to an activating group) is 1. The van der Waals surface area contributed by atoms with Gasteiger partial charge in [-0.05, 0) is 83.5 Å². The summed E-state index contributed by atoms with van der Waals surface area (Å²) in [5.74, 6) is -1.67. The van der Waals surface area contributed by atoms with E-state index in [-0.39, 0.29) is 49.1 Å². The summed E-state index contributed by atoms with van der Waals surface area (Å²) in [6.07, 6.45) is 54.1. The predicted molar refractivity (Wildman–Crippen MR) is 238 cm³/mol. The number of rotatable bonds is 35. The zero-order valence-electron chi connectivity index (χ0n) is 36.0. The van der Waals surface area contributed by atoms with E-state index in [1.165, 1.54) is 0 Å². The summed E-state index contributed by atoms with van der Waals surface area (Å²) in [7, 11) is 5.46. The van der Waals surface area contributed by atoms with Crippen LogP contribution in [0.2, 0.25) is 0 Å². The summed E-state index contributed by atoms with van der Waals surface area (Å²) in [6, 6.07) is -0.643. The molecule has 0 aliphatic carbocycles. The van der Waals surface area contributed by atoms with E-state index >= 15 is 0 Å². The number of hydrogen-bond donors (Lipinski definition) is 1. The average Bonchev–Trinajstić information content (AvgIpc) is 3.17. The molecule has 0 saturated heterocycles. The van der Waals surface area contributed by atoms with Crippen LogP contribution >= 0.6 is 0 Å². The van der Waals surface area contributed by atoms with Gasteiger partial charge >= 0.3 is 17.9 Å². The number of allylic oxidation sites excluding steroid dienone is 20. The Morgan fingerprint density at radius 2 is 0.930 bits per heavy atom. The topological polar surface area (TPSA) is 99.1 Å². The molecule has 57 heavy (non-hydrogen) atoms. The first-order valence-corrected chi connectivity index (χ1v) is 21.1. The number of carboxylic acid groups (broad SMARTS) is 1. The average molecular weight is 791 g/mol. The number of carbonyl (C=O) groups is 3. The van der Waals surface area contributed by atoms with Gasteiger partial charge in [-0.15, -0.1) is 0 Å². The second-order valence-corrected chi connectivity index (χ2v) is 14.5. The van der Waals surface area contributed by atoms with E-state index in [4.69, 9.17) is 14.2 Å². The van der Waals surface area contributed by atoms with Crippen LogP contribution in [-0.4, -0.2) is 80.6 Å². The standard InChI is InChI=1S/C49H75NO7/c1-6-8-10-12-14-16-18-20-22-24-26-28-30-32-34-36-38-40-48(52)57-45(43-55-42-41-46(49(53)54)50(3,4)5)44-56-47(51)39-37-35-33-31-29-27-25-23-21-19-17-15-13-11-9-7-2/h8-11,14-17,20-23,26-29,32-35,45-46H,6-7,12-13,18-19,24-25,30-31,36-44H2,1-5H3/p+1/b10-8+,11-9+,16-14+,17-15+,22-20+,23-21+,28-26+,29-27+,34-32+,35-33+. The second kappa shape index (κ2) is 38.6. The summed E-state index contributed by atoms with van der Waals surface area (Å²) < 4.78 is 17.1. The highest BCUT2D eigenvalue weighted by Crippen LogP contribution is 2.10. The Morgan fingerprint density at radius 1 is 0.526 bits per heavy atom. The van der Waals surface area contributed by atoms with Crippen molar-refractivity contribution in [2.75, 3.05) is 41.0 Å². The largest absolute Gasteiger partial charge is 0.477 e. The molecule has 0 saturated carbocycles. The fourth-order valence-electron chi connectivity index (χ4n) is 5.17. The number of aliphatic carboxylic acids is 1. The van der Waals surface area contributed by atoms with E-state index in [1.807, 2.05) is 33.3 Å². The van der Waals surface area contributed by atoms with Crippen LogP contribution in [0, 0.1) is 0 Å². The Hall–Kier alpha value is -4.27. The van der Waals surface area contributed by atoms with Crippen LogP contribution in [0.1, 0.15) is 117 Å². The van der Waals surface area contributed by atoms with E-state index in [2.05, 4.69) is 123 Å². The number of ether oxygens (including phenoxy) is 3. The van der Waals surface area contributed by atoms with Gasteiger partial charge in [0.2, 0.25) is 0 Å². The molecule has 2 unspecified atom stereocenters. The normalized spacial score (nSPS) is 14.2.